The van der Waals surface area contributed by atoms with Crippen molar-refractivity contribution in [2.75, 3.05) is 7.11 Å². The highest BCUT2D eigenvalue weighted by Gasteiger charge is 2.77. The van der Waals surface area contributed by atoms with Crippen LogP contribution >= 0.6 is 0 Å². The van der Waals surface area contributed by atoms with Gasteiger partial charge in [-0.2, -0.15) is 0 Å². The lowest BCUT2D eigenvalue weighted by Gasteiger charge is -2.61. The molecule has 10 atom stereocenters. The fourth-order valence-electron chi connectivity index (χ4n) is 10.5. The molecule has 5 aliphatic carbocycles. The van der Waals surface area contributed by atoms with Crippen molar-refractivity contribution in [3.8, 4) is 0 Å². The summed E-state index contributed by atoms with van der Waals surface area (Å²) in [6, 6.07) is 4.20. The highest BCUT2D eigenvalue weighted by Crippen LogP contribution is 2.82. The highest BCUT2D eigenvalue weighted by molar-refractivity contribution is 5.48. The largest absolute Gasteiger partial charge is 0.381 e. The zero-order chi connectivity index (χ0) is 22.3. The van der Waals surface area contributed by atoms with Crippen LogP contribution in [0.5, 0.6) is 0 Å². The molecule has 5 aliphatic rings. The zero-order valence-corrected chi connectivity index (χ0v) is 20.9. The Hall–Kier alpha value is -1.15. The molecule has 0 N–H and O–H groups in total. The zero-order valence-electron chi connectivity index (χ0n) is 20.9. The number of aryl methyl sites for hydroxylation is 1. The van der Waals surface area contributed by atoms with Crippen molar-refractivity contribution in [3.05, 3.63) is 35.7 Å². The fraction of sp³-hybridized carbons (Fsp3) is 0.767. The monoisotopic (exact) mass is 433 g/mol. The number of rotatable bonds is 4. The molecular formula is C30H43NO. The lowest BCUT2D eigenvalue weighted by atomic mass is 9.45. The smallest absolute Gasteiger partial charge is 0.0655 e. The Bertz CT molecular complexity index is 923. The van der Waals surface area contributed by atoms with Gasteiger partial charge in [-0.1, -0.05) is 32.9 Å². The first-order valence-electron chi connectivity index (χ1n) is 13.5. The molecule has 2 heteroatoms. The first-order valence-corrected chi connectivity index (χ1v) is 13.5. The summed E-state index contributed by atoms with van der Waals surface area (Å²) in [6.07, 6.45) is 18.7. The van der Waals surface area contributed by atoms with Gasteiger partial charge in [0.25, 0.3) is 0 Å². The van der Waals surface area contributed by atoms with Crippen LogP contribution in [0.1, 0.15) is 83.4 Å². The molecule has 1 aromatic rings. The maximum atomic E-state index is 6.30. The van der Waals surface area contributed by atoms with E-state index >= 15 is 0 Å². The standard InChI is InChI=1S/C30H43NO/c1-19(8-11-26-20(2)7-6-16-31-26)23-9-10-24-22-17-27(32-5)30-18-21(30)12-15-29(30,4)25(22)13-14-28(23,24)3/h6-8,11,16,19,21-25,27H,9-10,12-15,17-18H2,1-5H3/b11-8+/t19-,21-,22+,23-,24+,25+,27?,28-,29-,30?/m1/s1. The van der Waals surface area contributed by atoms with Gasteiger partial charge in [-0.3, -0.25) is 4.98 Å². The number of nitrogens with zero attached hydrogens (tertiary/aromatic N) is 1. The van der Waals surface area contributed by atoms with Crippen molar-refractivity contribution in [3.63, 3.8) is 0 Å². The second-order valence-corrected chi connectivity index (χ2v) is 12.9. The first-order chi connectivity index (χ1) is 15.3. The number of ether oxygens (including phenoxy) is 1. The number of methoxy groups -OCH3 is 1. The molecule has 1 heterocycles. The Kier molecular flexibility index (Phi) is 4.79. The Balaban J connectivity index is 1.25. The van der Waals surface area contributed by atoms with E-state index in [0.717, 1.165) is 35.3 Å². The fourth-order valence-corrected chi connectivity index (χ4v) is 10.5. The van der Waals surface area contributed by atoms with Gasteiger partial charge in [0, 0.05) is 18.7 Å². The first kappa shape index (κ1) is 21.4. The number of pyridine rings is 1. The van der Waals surface area contributed by atoms with Crippen molar-refractivity contribution in [1.82, 2.24) is 4.98 Å². The Morgan fingerprint density at radius 3 is 2.72 bits per heavy atom. The molecule has 0 bridgehead atoms. The molecule has 5 fully saturated rings. The number of aromatic nitrogens is 1. The number of allylic oxidation sites excluding steroid dienone is 1. The summed E-state index contributed by atoms with van der Waals surface area (Å²) in [5.74, 6) is 5.11. The molecule has 5 saturated carbocycles. The van der Waals surface area contributed by atoms with E-state index in [2.05, 4.69) is 50.9 Å². The van der Waals surface area contributed by atoms with Gasteiger partial charge < -0.3 is 4.74 Å². The number of hydrogen-bond acceptors (Lipinski definition) is 2. The SMILES string of the molecule is COC1C[C@H]2[C@@H]3CC[C@H]([C@H](C)/C=C/c4ncccc4C)[C@@]3(C)CC[C@@H]2[C@@]2(C)CC[C@@H]3CC132. The van der Waals surface area contributed by atoms with Crippen molar-refractivity contribution < 1.29 is 4.74 Å². The third-order valence-electron chi connectivity index (χ3n) is 12.1. The van der Waals surface area contributed by atoms with Crippen LogP contribution in [0.4, 0.5) is 0 Å². The van der Waals surface area contributed by atoms with Gasteiger partial charge in [0.15, 0.2) is 0 Å². The van der Waals surface area contributed by atoms with Crippen molar-refractivity contribution >= 4 is 6.08 Å². The van der Waals surface area contributed by atoms with Crippen LogP contribution in [0, 0.1) is 58.7 Å². The summed E-state index contributed by atoms with van der Waals surface area (Å²) in [7, 11) is 2.01. The average molecular weight is 434 g/mol. The molecule has 0 saturated heterocycles. The Morgan fingerprint density at radius 1 is 1.12 bits per heavy atom. The van der Waals surface area contributed by atoms with Crippen molar-refractivity contribution in [2.45, 2.75) is 85.2 Å². The molecular weight excluding hydrogens is 390 g/mol. The Labute approximate surface area is 195 Å². The van der Waals surface area contributed by atoms with E-state index in [0.29, 0.717) is 28.3 Å². The van der Waals surface area contributed by atoms with Crippen LogP contribution < -0.4 is 0 Å². The third-order valence-corrected chi connectivity index (χ3v) is 12.1. The van der Waals surface area contributed by atoms with Crippen molar-refractivity contribution in [1.29, 1.82) is 0 Å². The van der Waals surface area contributed by atoms with E-state index in [1.165, 1.54) is 56.9 Å². The van der Waals surface area contributed by atoms with Crippen LogP contribution in [0.25, 0.3) is 6.08 Å². The third kappa shape index (κ3) is 2.65. The molecule has 1 spiro atoms. The topological polar surface area (TPSA) is 22.1 Å². The van der Waals surface area contributed by atoms with E-state index < -0.39 is 0 Å². The molecule has 1 aromatic heterocycles. The van der Waals surface area contributed by atoms with E-state index in [-0.39, 0.29) is 0 Å². The van der Waals surface area contributed by atoms with Crippen LogP contribution in [-0.2, 0) is 4.74 Å². The van der Waals surface area contributed by atoms with E-state index in [1.807, 2.05) is 19.4 Å². The maximum absolute atomic E-state index is 6.30. The van der Waals surface area contributed by atoms with Crippen LogP contribution in [-0.4, -0.2) is 18.2 Å². The van der Waals surface area contributed by atoms with Gasteiger partial charge in [0.1, 0.15) is 0 Å². The van der Waals surface area contributed by atoms with Crippen molar-refractivity contribution in [2.24, 2.45) is 51.8 Å². The normalized spacial score (nSPS) is 49.9. The van der Waals surface area contributed by atoms with Gasteiger partial charge in [0.2, 0.25) is 0 Å². The van der Waals surface area contributed by atoms with E-state index in [4.69, 9.17) is 4.74 Å². The lowest BCUT2D eigenvalue weighted by molar-refractivity contribution is -0.160. The van der Waals surface area contributed by atoms with Gasteiger partial charge >= 0.3 is 0 Å². The predicted molar refractivity (Wildman–Crippen MR) is 131 cm³/mol. The van der Waals surface area contributed by atoms with Gasteiger partial charge in [-0.05, 0) is 122 Å². The second kappa shape index (κ2) is 7.17. The van der Waals surface area contributed by atoms with Crippen LogP contribution in [0.3, 0.4) is 0 Å². The summed E-state index contributed by atoms with van der Waals surface area (Å²) in [4.78, 5) is 4.60. The van der Waals surface area contributed by atoms with Gasteiger partial charge in [-0.25, -0.2) is 0 Å². The molecule has 6 rings (SSSR count). The highest BCUT2D eigenvalue weighted by atomic mass is 16.5. The van der Waals surface area contributed by atoms with E-state index in [9.17, 15) is 0 Å². The summed E-state index contributed by atoms with van der Waals surface area (Å²) in [6.45, 7) is 10.0. The quantitative estimate of drug-likeness (QED) is 0.496. The van der Waals surface area contributed by atoms with Gasteiger partial charge in [-0.15, -0.1) is 0 Å². The predicted octanol–water partition coefficient (Wildman–Crippen LogP) is 7.32. The van der Waals surface area contributed by atoms with E-state index in [1.54, 1.807) is 0 Å². The minimum atomic E-state index is 0.491. The Morgan fingerprint density at radius 2 is 1.97 bits per heavy atom. The summed E-state index contributed by atoms with van der Waals surface area (Å²) < 4.78 is 6.30. The maximum Gasteiger partial charge on any atom is 0.0655 e. The lowest BCUT2D eigenvalue weighted by Crippen LogP contribution is -2.57. The number of hydrogen-bond donors (Lipinski definition) is 0. The van der Waals surface area contributed by atoms with Gasteiger partial charge in [0.05, 0.1) is 11.8 Å². The second-order valence-electron chi connectivity index (χ2n) is 12.9. The minimum Gasteiger partial charge on any atom is -0.381 e. The molecule has 32 heavy (non-hydrogen) atoms. The summed E-state index contributed by atoms with van der Waals surface area (Å²) in [5, 5.41) is 0. The molecule has 0 radical (unpaired) electrons. The average Bonchev–Trinajstić information content (AvgIpc) is 3.29. The molecule has 0 aliphatic heterocycles. The molecule has 2 nitrogen and oxygen atoms in total. The molecule has 0 amide bonds. The summed E-state index contributed by atoms with van der Waals surface area (Å²) >= 11 is 0. The van der Waals surface area contributed by atoms with Crippen LogP contribution in [0.2, 0.25) is 0 Å². The van der Waals surface area contributed by atoms with Crippen LogP contribution in [0.15, 0.2) is 24.4 Å². The summed E-state index contributed by atoms with van der Waals surface area (Å²) in [5.41, 5.74) is 3.99. The molecule has 2 unspecified atom stereocenters. The number of fused-ring (bicyclic) bond motifs is 4. The molecule has 174 valence electrons. The minimum absolute atomic E-state index is 0.491. The molecule has 0 aromatic carbocycles.